The number of rotatable bonds is 6. The molecule has 0 saturated heterocycles. The minimum atomic E-state index is -0.270. The van der Waals surface area contributed by atoms with Gasteiger partial charge in [0.15, 0.2) is 0 Å². The van der Waals surface area contributed by atoms with Crippen molar-refractivity contribution >= 4 is 38.8 Å². The largest absolute Gasteiger partial charge is 0.489 e. The number of hydrazone groups is 1. The first-order valence-electron chi connectivity index (χ1n) is 9.48. The van der Waals surface area contributed by atoms with Crippen molar-refractivity contribution in [3.63, 3.8) is 0 Å². The van der Waals surface area contributed by atoms with E-state index in [0.29, 0.717) is 12.2 Å². The highest BCUT2D eigenvalue weighted by Gasteiger charge is 2.07. The number of benzene rings is 4. The van der Waals surface area contributed by atoms with Gasteiger partial charge in [0.05, 0.1) is 11.8 Å². The summed E-state index contributed by atoms with van der Waals surface area (Å²) in [5.41, 5.74) is 5.08. The van der Waals surface area contributed by atoms with E-state index in [-0.39, 0.29) is 5.91 Å². The average molecular weight is 459 g/mol. The topological polar surface area (TPSA) is 50.7 Å². The number of ether oxygens (including phenoxy) is 1. The molecule has 0 bridgehead atoms. The summed E-state index contributed by atoms with van der Waals surface area (Å²) in [6.07, 6.45) is 1.60. The van der Waals surface area contributed by atoms with Gasteiger partial charge in [-0.15, -0.1) is 0 Å². The molecule has 148 valence electrons. The van der Waals surface area contributed by atoms with Crippen molar-refractivity contribution in [2.75, 3.05) is 0 Å². The summed E-state index contributed by atoms with van der Waals surface area (Å²) in [6, 6.07) is 29.3. The molecule has 1 N–H and O–H groups in total. The molecule has 0 fully saturated rings. The zero-order valence-electron chi connectivity index (χ0n) is 16.1. The van der Waals surface area contributed by atoms with Crippen LogP contribution in [0.25, 0.3) is 10.8 Å². The molecule has 0 aliphatic rings. The molecule has 4 nitrogen and oxygen atoms in total. The molecule has 4 aromatic carbocycles. The number of fused-ring (bicyclic) bond motifs is 1. The van der Waals surface area contributed by atoms with E-state index in [2.05, 4.69) is 50.7 Å². The van der Waals surface area contributed by atoms with Crippen molar-refractivity contribution in [1.29, 1.82) is 0 Å². The lowest BCUT2D eigenvalue weighted by molar-refractivity contribution is 0.0954. The van der Waals surface area contributed by atoms with E-state index in [1.54, 1.807) is 18.3 Å². The van der Waals surface area contributed by atoms with E-state index in [4.69, 9.17) is 4.74 Å². The first-order valence-corrected chi connectivity index (χ1v) is 10.3. The standard InChI is InChI=1S/C25H19BrN2O2/c26-24-11-4-3-10-23(24)25(29)28-27-16-18-12-14-21(15-13-18)30-17-20-8-5-7-19-6-1-2-9-22(19)20/h1-16H,17H2,(H,28,29)/b27-16-. The first kappa shape index (κ1) is 19.9. The van der Waals surface area contributed by atoms with Gasteiger partial charge in [-0.1, -0.05) is 54.6 Å². The number of nitrogens with one attached hydrogen (secondary N) is 1. The summed E-state index contributed by atoms with van der Waals surface area (Å²) in [6.45, 7) is 0.497. The van der Waals surface area contributed by atoms with Crippen LogP contribution < -0.4 is 10.2 Å². The van der Waals surface area contributed by atoms with E-state index in [1.165, 1.54) is 10.8 Å². The third-order valence-corrected chi connectivity index (χ3v) is 5.34. The summed E-state index contributed by atoms with van der Waals surface area (Å²) in [5.74, 6) is 0.506. The highest BCUT2D eigenvalue weighted by molar-refractivity contribution is 9.10. The van der Waals surface area contributed by atoms with Crippen molar-refractivity contribution in [2.45, 2.75) is 6.61 Å². The Kier molecular flexibility index (Phi) is 6.20. The van der Waals surface area contributed by atoms with Crippen LogP contribution in [-0.4, -0.2) is 12.1 Å². The van der Waals surface area contributed by atoms with Gasteiger partial charge in [-0.25, -0.2) is 5.43 Å². The lowest BCUT2D eigenvalue weighted by Gasteiger charge is -2.09. The molecule has 0 aromatic heterocycles. The fourth-order valence-electron chi connectivity index (χ4n) is 3.10. The van der Waals surface area contributed by atoms with Crippen LogP contribution in [0.3, 0.4) is 0 Å². The number of nitrogens with zero attached hydrogens (tertiary/aromatic N) is 1. The molecule has 5 heteroatoms. The van der Waals surface area contributed by atoms with Crippen LogP contribution in [0.2, 0.25) is 0 Å². The minimum Gasteiger partial charge on any atom is -0.489 e. The van der Waals surface area contributed by atoms with E-state index in [0.717, 1.165) is 21.3 Å². The third-order valence-electron chi connectivity index (χ3n) is 4.65. The van der Waals surface area contributed by atoms with E-state index >= 15 is 0 Å². The van der Waals surface area contributed by atoms with Crippen molar-refractivity contribution in [2.24, 2.45) is 5.10 Å². The van der Waals surface area contributed by atoms with Crippen LogP contribution in [-0.2, 0) is 6.61 Å². The maximum Gasteiger partial charge on any atom is 0.272 e. The molecule has 0 unspecified atom stereocenters. The Balaban J connectivity index is 1.35. The Labute approximate surface area is 183 Å². The van der Waals surface area contributed by atoms with Crippen LogP contribution >= 0.6 is 15.9 Å². The number of carbonyl (C=O) groups excluding carboxylic acids is 1. The number of carbonyl (C=O) groups is 1. The third kappa shape index (κ3) is 4.75. The summed E-state index contributed by atoms with van der Waals surface area (Å²) in [5, 5.41) is 6.43. The van der Waals surface area contributed by atoms with E-state index < -0.39 is 0 Å². The quantitative estimate of drug-likeness (QED) is 0.286. The molecule has 0 aliphatic heterocycles. The van der Waals surface area contributed by atoms with Gasteiger partial charge < -0.3 is 4.74 Å². The minimum absolute atomic E-state index is 0.270. The Morgan fingerprint density at radius 3 is 2.47 bits per heavy atom. The van der Waals surface area contributed by atoms with E-state index in [9.17, 15) is 4.79 Å². The van der Waals surface area contributed by atoms with Gasteiger partial charge in [-0.2, -0.15) is 5.10 Å². The van der Waals surface area contributed by atoms with Gasteiger partial charge in [0, 0.05) is 4.47 Å². The lowest BCUT2D eigenvalue weighted by Crippen LogP contribution is -2.18. The van der Waals surface area contributed by atoms with Crippen LogP contribution in [0, 0.1) is 0 Å². The second-order valence-electron chi connectivity index (χ2n) is 6.67. The molecule has 0 atom stereocenters. The van der Waals surface area contributed by atoms with E-state index in [1.807, 2.05) is 54.6 Å². The zero-order chi connectivity index (χ0) is 20.8. The maximum atomic E-state index is 12.1. The molecule has 4 rings (SSSR count). The molecule has 4 aromatic rings. The fraction of sp³-hybridized carbons (Fsp3) is 0.0400. The molecule has 0 aliphatic carbocycles. The van der Waals surface area contributed by atoms with Gasteiger partial charge in [0.25, 0.3) is 5.91 Å². The lowest BCUT2D eigenvalue weighted by atomic mass is 10.1. The molecule has 0 radical (unpaired) electrons. The predicted molar refractivity (Wildman–Crippen MR) is 124 cm³/mol. The van der Waals surface area contributed by atoms with Gasteiger partial charge in [-0.3, -0.25) is 4.79 Å². The SMILES string of the molecule is O=C(N/N=C\c1ccc(OCc2cccc3ccccc23)cc1)c1ccccc1Br. The Morgan fingerprint density at radius 1 is 0.900 bits per heavy atom. The molecule has 0 saturated carbocycles. The van der Waals surface area contributed by atoms with Crippen LogP contribution in [0.4, 0.5) is 0 Å². The maximum absolute atomic E-state index is 12.1. The predicted octanol–water partition coefficient (Wildman–Crippen LogP) is 5.95. The van der Waals surface area contributed by atoms with Crippen LogP contribution in [0.15, 0.2) is 101 Å². The zero-order valence-corrected chi connectivity index (χ0v) is 17.7. The second kappa shape index (κ2) is 9.37. The fourth-order valence-corrected chi connectivity index (χ4v) is 3.57. The summed E-state index contributed by atoms with van der Waals surface area (Å²) in [4.78, 5) is 12.1. The number of hydrogen-bond acceptors (Lipinski definition) is 3. The van der Waals surface area contributed by atoms with Crippen molar-refractivity contribution in [1.82, 2.24) is 5.43 Å². The van der Waals surface area contributed by atoms with Gasteiger partial charge in [0.2, 0.25) is 0 Å². The van der Waals surface area contributed by atoms with Crippen LogP contribution in [0.1, 0.15) is 21.5 Å². The summed E-state index contributed by atoms with van der Waals surface area (Å²) < 4.78 is 6.68. The Bertz CT molecular complexity index is 1200. The first-order chi connectivity index (χ1) is 14.7. The highest BCUT2D eigenvalue weighted by Crippen LogP contribution is 2.21. The average Bonchev–Trinajstić information content (AvgIpc) is 2.79. The Hall–Kier alpha value is -3.44. The summed E-state index contributed by atoms with van der Waals surface area (Å²) in [7, 11) is 0. The second-order valence-corrected chi connectivity index (χ2v) is 7.53. The van der Waals surface area contributed by atoms with Gasteiger partial charge >= 0.3 is 0 Å². The highest BCUT2D eigenvalue weighted by atomic mass is 79.9. The van der Waals surface area contributed by atoms with Crippen LogP contribution in [0.5, 0.6) is 5.75 Å². The van der Waals surface area contributed by atoms with Gasteiger partial charge in [0.1, 0.15) is 12.4 Å². The molecule has 30 heavy (non-hydrogen) atoms. The smallest absolute Gasteiger partial charge is 0.272 e. The summed E-state index contributed by atoms with van der Waals surface area (Å²) >= 11 is 3.36. The normalized spacial score (nSPS) is 11.0. The number of hydrogen-bond donors (Lipinski definition) is 1. The number of halogens is 1. The van der Waals surface area contributed by atoms with Crippen molar-refractivity contribution in [3.05, 3.63) is 112 Å². The molecule has 1 amide bonds. The van der Waals surface area contributed by atoms with Crippen molar-refractivity contribution < 1.29 is 9.53 Å². The molecule has 0 spiro atoms. The number of amides is 1. The monoisotopic (exact) mass is 458 g/mol. The Morgan fingerprint density at radius 2 is 1.63 bits per heavy atom. The molecule has 0 heterocycles. The molecular weight excluding hydrogens is 440 g/mol. The van der Waals surface area contributed by atoms with Crippen molar-refractivity contribution in [3.8, 4) is 5.75 Å². The molecular formula is C25H19BrN2O2. The van der Waals surface area contributed by atoms with Gasteiger partial charge in [-0.05, 0) is 74.2 Å².